The molecule has 30 heavy (non-hydrogen) atoms. The average Bonchev–Trinajstić information content (AvgIpc) is 3.17. The summed E-state index contributed by atoms with van der Waals surface area (Å²) in [4.78, 5) is 20.2. The van der Waals surface area contributed by atoms with Gasteiger partial charge in [-0.1, -0.05) is 18.2 Å². The minimum absolute atomic E-state index is 0.0580. The van der Waals surface area contributed by atoms with E-state index < -0.39 is 0 Å². The molecule has 1 N–H and O–H groups in total. The number of morpholine rings is 1. The summed E-state index contributed by atoms with van der Waals surface area (Å²) >= 11 is 0. The second-order valence-corrected chi connectivity index (χ2v) is 7.60. The maximum Gasteiger partial charge on any atom is 0.252 e. The fourth-order valence-electron chi connectivity index (χ4n) is 3.94. The van der Waals surface area contributed by atoms with Gasteiger partial charge < -0.3 is 10.1 Å². The first-order valence-electron chi connectivity index (χ1n) is 10.7. The van der Waals surface area contributed by atoms with Crippen LogP contribution in [0.3, 0.4) is 0 Å². The van der Waals surface area contributed by atoms with Crippen LogP contribution in [-0.2, 0) is 11.3 Å². The lowest BCUT2D eigenvalue weighted by Gasteiger charge is -2.26. The number of aromatic nitrogens is 3. The lowest BCUT2D eigenvalue weighted by atomic mass is 10.0. The zero-order valence-electron chi connectivity index (χ0n) is 17.7. The highest BCUT2D eigenvalue weighted by molar-refractivity contribution is 6.07. The van der Waals surface area contributed by atoms with Crippen LogP contribution < -0.4 is 5.32 Å². The molecule has 0 aliphatic carbocycles. The van der Waals surface area contributed by atoms with E-state index in [0.29, 0.717) is 12.1 Å². The van der Waals surface area contributed by atoms with E-state index >= 15 is 0 Å². The summed E-state index contributed by atoms with van der Waals surface area (Å²) < 4.78 is 7.33. The van der Waals surface area contributed by atoms with Crippen LogP contribution in [0.2, 0.25) is 0 Å². The van der Waals surface area contributed by atoms with Gasteiger partial charge in [0.1, 0.15) is 0 Å². The smallest absolute Gasteiger partial charge is 0.252 e. The van der Waals surface area contributed by atoms with Crippen molar-refractivity contribution in [3.05, 3.63) is 47.8 Å². The third kappa shape index (κ3) is 4.37. The molecule has 3 heterocycles. The monoisotopic (exact) mass is 407 g/mol. The zero-order valence-corrected chi connectivity index (χ0v) is 17.7. The van der Waals surface area contributed by atoms with Crippen molar-refractivity contribution < 1.29 is 9.53 Å². The van der Waals surface area contributed by atoms with Gasteiger partial charge in [-0.15, -0.1) is 0 Å². The molecule has 1 aliphatic heterocycles. The van der Waals surface area contributed by atoms with Crippen LogP contribution in [0.1, 0.15) is 29.4 Å². The number of carbonyl (C=O) groups excluding carboxylic acids is 1. The van der Waals surface area contributed by atoms with Crippen molar-refractivity contribution >= 4 is 16.8 Å². The second kappa shape index (κ2) is 9.36. The average molecular weight is 408 g/mol. The number of carbonyl (C=O) groups is 1. The van der Waals surface area contributed by atoms with Crippen LogP contribution in [-0.4, -0.2) is 65.0 Å². The van der Waals surface area contributed by atoms with E-state index in [9.17, 15) is 4.79 Å². The predicted molar refractivity (Wildman–Crippen MR) is 118 cm³/mol. The number of para-hydroxylation sites is 1. The van der Waals surface area contributed by atoms with Gasteiger partial charge in [-0.3, -0.25) is 14.4 Å². The number of benzene rings is 1. The van der Waals surface area contributed by atoms with Crippen LogP contribution in [0.5, 0.6) is 0 Å². The number of nitrogens with one attached hydrogen (secondary N) is 1. The third-order valence-corrected chi connectivity index (χ3v) is 5.68. The van der Waals surface area contributed by atoms with Gasteiger partial charge in [0.05, 0.1) is 36.2 Å². The predicted octanol–water partition coefficient (Wildman–Crippen LogP) is 2.88. The SMILES string of the molecule is CCn1ncc(-c2cc(C(=O)NCCCN3CCOCC3)c3ccccc3n2)c1C. The van der Waals surface area contributed by atoms with Gasteiger partial charge in [0.25, 0.3) is 5.91 Å². The first kappa shape index (κ1) is 20.5. The standard InChI is InChI=1S/C23H29N5O2/c1-3-28-17(2)20(16-25-28)22-15-19(18-7-4-5-8-21(18)26-22)23(29)24-9-6-10-27-11-13-30-14-12-27/h4-5,7-8,15-16H,3,6,9-14H2,1-2H3,(H,24,29). The fraction of sp³-hybridized carbons (Fsp3) is 0.435. The molecule has 158 valence electrons. The first-order valence-corrected chi connectivity index (χ1v) is 10.7. The topological polar surface area (TPSA) is 72.3 Å². The molecule has 0 spiro atoms. The van der Waals surface area contributed by atoms with Crippen molar-refractivity contribution in [3.63, 3.8) is 0 Å². The Morgan fingerprint density at radius 3 is 2.80 bits per heavy atom. The molecule has 2 aromatic heterocycles. The van der Waals surface area contributed by atoms with E-state index in [2.05, 4.69) is 22.2 Å². The van der Waals surface area contributed by atoms with Crippen LogP contribution >= 0.6 is 0 Å². The largest absolute Gasteiger partial charge is 0.379 e. The van der Waals surface area contributed by atoms with Crippen LogP contribution in [0.15, 0.2) is 36.5 Å². The van der Waals surface area contributed by atoms with Crippen molar-refractivity contribution in [2.24, 2.45) is 0 Å². The highest BCUT2D eigenvalue weighted by Crippen LogP contribution is 2.27. The van der Waals surface area contributed by atoms with Gasteiger partial charge in [-0.25, -0.2) is 4.98 Å². The molecule has 7 nitrogen and oxygen atoms in total. The van der Waals surface area contributed by atoms with Gasteiger partial charge >= 0.3 is 0 Å². The zero-order chi connectivity index (χ0) is 20.9. The van der Waals surface area contributed by atoms with E-state index in [1.165, 1.54) is 0 Å². The molecule has 0 unspecified atom stereocenters. The molecule has 7 heteroatoms. The third-order valence-electron chi connectivity index (χ3n) is 5.68. The second-order valence-electron chi connectivity index (χ2n) is 7.60. The lowest BCUT2D eigenvalue weighted by molar-refractivity contribution is 0.0374. The number of pyridine rings is 1. The number of aryl methyl sites for hydroxylation is 1. The lowest BCUT2D eigenvalue weighted by Crippen LogP contribution is -2.38. The van der Waals surface area contributed by atoms with Crippen molar-refractivity contribution in [1.82, 2.24) is 25.0 Å². The Balaban J connectivity index is 1.53. The molecule has 1 saturated heterocycles. The van der Waals surface area contributed by atoms with Crippen molar-refractivity contribution in [1.29, 1.82) is 0 Å². The molecule has 4 rings (SSSR count). The highest BCUT2D eigenvalue weighted by atomic mass is 16.5. The van der Waals surface area contributed by atoms with Crippen molar-refractivity contribution in [2.75, 3.05) is 39.4 Å². The van der Waals surface area contributed by atoms with Crippen LogP contribution in [0.4, 0.5) is 0 Å². The quantitative estimate of drug-likeness (QED) is 0.610. The molecule has 0 saturated carbocycles. The molecule has 1 aromatic carbocycles. The molecule has 3 aromatic rings. The summed E-state index contributed by atoms with van der Waals surface area (Å²) in [6.45, 7) is 10.1. The summed E-state index contributed by atoms with van der Waals surface area (Å²) in [6, 6.07) is 9.69. The molecular formula is C23H29N5O2. The van der Waals surface area contributed by atoms with Crippen molar-refractivity contribution in [3.8, 4) is 11.3 Å². The minimum Gasteiger partial charge on any atom is -0.379 e. The molecular weight excluding hydrogens is 378 g/mol. The fourth-order valence-corrected chi connectivity index (χ4v) is 3.94. The van der Waals surface area contributed by atoms with Gasteiger partial charge in [0, 0.05) is 42.8 Å². The number of nitrogens with zero attached hydrogens (tertiary/aromatic N) is 4. The summed E-state index contributed by atoms with van der Waals surface area (Å²) in [6.07, 6.45) is 2.75. The number of fused-ring (bicyclic) bond motifs is 1. The molecule has 0 radical (unpaired) electrons. The summed E-state index contributed by atoms with van der Waals surface area (Å²) in [5, 5.41) is 8.40. The Morgan fingerprint density at radius 2 is 2.03 bits per heavy atom. The molecule has 0 atom stereocenters. The molecule has 0 bridgehead atoms. The Bertz CT molecular complexity index is 1020. The number of amides is 1. The van der Waals surface area contributed by atoms with E-state index in [1.807, 2.05) is 48.1 Å². The van der Waals surface area contributed by atoms with E-state index in [4.69, 9.17) is 9.72 Å². The highest BCUT2D eigenvalue weighted by Gasteiger charge is 2.17. The Labute approximate surface area is 177 Å². The summed E-state index contributed by atoms with van der Waals surface area (Å²) in [5.74, 6) is -0.0580. The van der Waals surface area contributed by atoms with E-state index in [1.54, 1.807) is 0 Å². The maximum absolute atomic E-state index is 13.0. The Morgan fingerprint density at radius 1 is 1.23 bits per heavy atom. The normalized spacial score (nSPS) is 14.9. The van der Waals surface area contributed by atoms with E-state index in [0.717, 1.165) is 73.7 Å². The van der Waals surface area contributed by atoms with Crippen LogP contribution in [0, 0.1) is 6.92 Å². The van der Waals surface area contributed by atoms with Crippen LogP contribution in [0.25, 0.3) is 22.2 Å². The maximum atomic E-state index is 13.0. The van der Waals surface area contributed by atoms with Gasteiger partial charge in [-0.2, -0.15) is 5.10 Å². The number of hydrogen-bond acceptors (Lipinski definition) is 5. The first-order chi connectivity index (χ1) is 14.7. The Kier molecular flexibility index (Phi) is 6.40. The van der Waals surface area contributed by atoms with Gasteiger partial charge in [0.15, 0.2) is 0 Å². The van der Waals surface area contributed by atoms with E-state index in [-0.39, 0.29) is 5.91 Å². The number of ether oxygens (including phenoxy) is 1. The summed E-state index contributed by atoms with van der Waals surface area (Å²) in [5.41, 5.74) is 4.27. The number of rotatable bonds is 7. The molecule has 1 aliphatic rings. The van der Waals surface area contributed by atoms with Gasteiger partial charge in [-0.05, 0) is 38.9 Å². The molecule has 1 fully saturated rings. The summed E-state index contributed by atoms with van der Waals surface area (Å²) in [7, 11) is 0. The number of hydrogen-bond donors (Lipinski definition) is 1. The Hall–Kier alpha value is -2.77. The molecule has 1 amide bonds. The van der Waals surface area contributed by atoms with Gasteiger partial charge in [0.2, 0.25) is 0 Å². The van der Waals surface area contributed by atoms with Crippen molar-refractivity contribution in [2.45, 2.75) is 26.8 Å². The minimum atomic E-state index is -0.0580.